The van der Waals surface area contributed by atoms with Crippen LogP contribution >= 0.6 is 11.8 Å². The molecule has 0 aromatic heterocycles. The van der Waals surface area contributed by atoms with Gasteiger partial charge in [0, 0.05) is 17.7 Å². The van der Waals surface area contributed by atoms with Crippen LogP contribution in [0.5, 0.6) is 0 Å². The third-order valence-electron chi connectivity index (χ3n) is 2.06. The van der Waals surface area contributed by atoms with Crippen molar-refractivity contribution in [3.05, 3.63) is 39.9 Å². The Morgan fingerprint density at radius 2 is 2.18 bits per heavy atom. The summed E-state index contributed by atoms with van der Waals surface area (Å²) in [6.07, 6.45) is 0. The lowest BCUT2D eigenvalue weighted by Crippen LogP contribution is -2.05. The highest BCUT2D eigenvalue weighted by atomic mass is 32.2. The topological polar surface area (TPSA) is 60.2 Å². The molecule has 1 rings (SSSR count). The molecule has 0 fully saturated rings. The van der Waals surface area contributed by atoms with Crippen LogP contribution in [0, 0.1) is 16.0 Å². The highest BCUT2D eigenvalue weighted by Crippen LogP contribution is 2.16. The molecule has 0 spiro atoms. The van der Waals surface area contributed by atoms with Crippen molar-refractivity contribution in [1.82, 2.24) is 0 Å². The number of nitro benzene ring substituents is 1. The van der Waals surface area contributed by atoms with Crippen molar-refractivity contribution < 1.29 is 9.72 Å². The summed E-state index contributed by atoms with van der Waals surface area (Å²) >= 11 is 1.56. The van der Waals surface area contributed by atoms with E-state index in [9.17, 15) is 14.9 Å². The summed E-state index contributed by atoms with van der Waals surface area (Å²) in [5.74, 6) is 1.78. The predicted octanol–water partition coefficient (Wildman–Crippen LogP) is 3.17. The molecular formula is C12H15NO3S. The molecule has 1 aromatic carbocycles. The standard InChI is InChI=1S/C12H15NO3S/c1-9(2)7-17-8-12(14)10-4-3-5-11(6-10)13(15)16/h3-6,9H,7-8H2,1-2H3. The monoisotopic (exact) mass is 253 g/mol. The van der Waals surface area contributed by atoms with Gasteiger partial charge in [-0.15, -0.1) is 0 Å². The molecule has 0 saturated carbocycles. The summed E-state index contributed by atoms with van der Waals surface area (Å²) in [5.41, 5.74) is 0.375. The quantitative estimate of drug-likeness (QED) is 0.444. The van der Waals surface area contributed by atoms with E-state index in [-0.39, 0.29) is 11.5 Å². The molecule has 0 aliphatic rings. The van der Waals surface area contributed by atoms with Gasteiger partial charge in [-0.3, -0.25) is 14.9 Å². The average Bonchev–Trinajstić information content (AvgIpc) is 2.28. The molecule has 0 atom stereocenters. The molecule has 17 heavy (non-hydrogen) atoms. The molecule has 4 nitrogen and oxygen atoms in total. The van der Waals surface area contributed by atoms with E-state index in [0.717, 1.165) is 5.75 Å². The number of ketones is 1. The van der Waals surface area contributed by atoms with Crippen molar-refractivity contribution in [2.45, 2.75) is 13.8 Å². The van der Waals surface area contributed by atoms with Crippen molar-refractivity contribution in [3.63, 3.8) is 0 Å². The first-order chi connectivity index (χ1) is 8.00. The largest absolute Gasteiger partial charge is 0.293 e. The first kappa shape index (κ1) is 13.7. The van der Waals surface area contributed by atoms with Crippen molar-refractivity contribution in [2.75, 3.05) is 11.5 Å². The van der Waals surface area contributed by atoms with Crippen LogP contribution in [0.25, 0.3) is 0 Å². The van der Waals surface area contributed by atoms with Crippen LogP contribution in [0.15, 0.2) is 24.3 Å². The maximum atomic E-state index is 11.8. The fraction of sp³-hybridized carbons (Fsp3) is 0.417. The Morgan fingerprint density at radius 1 is 1.47 bits per heavy atom. The van der Waals surface area contributed by atoms with Crippen LogP contribution in [-0.4, -0.2) is 22.2 Å². The Morgan fingerprint density at radius 3 is 2.76 bits per heavy atom. The van der Waals surface area contributed by atoms with E-state index in [0.29, 0.717) is 17.2 Å². The van der Waals surface area contributed by atoms with E-state index in [4.69, 9.17) is 0 Å². The lowest BCUT2D eigenvalue weighted by Gasteiger charge is -2.04. The normalized spacial score (nSPS) is 10.5. The fourth-order valence-electron chi connectivity index (χ4n) is 1.26. The molecule has 0 aliphatic carbocycles. The number of benzene rings is 1. The molecule has 0 N–H and O–H groups in total. The van der Waals surface area contributed by atoms with Gasteiger partial charge in [-0.05, 0) is 11.7 Å². The van der Waals surface area contributed by atoms with Crippen LogP contribution in [0.4, 0.5) is 5.69 Å². The van der Waals surface area contributed by atoms with Crippen molar-refractivity contribution >= 4 is 23.2 Å². The van der Waals surface area contributed by atoms with Gasteiger partial charge in [-0.1, -0.05) is 26.0 Å². The minimum atomic E-state index is -0.488. The summed E-state index contributed by atoms with van der Waals surface area (Å²) in [4.78, 5) is 21.8. The second-order valence-corrected chi connectivity index (χ2v) is 5.17. The SMILES string of the molecule is CC(C)CSCC(=O)c1cccc([N+](=O)[O-])c1. The van der Waals surface area contributed by atoms with Gasteiger partial charge >= 0.3 is 0 Å². The first-order valence-corrected chi connectivity index (χ1v) is 6.51. The second-order valence-electron chi connectivity index (χ2n) is 4.14. The van der Waals surface area contributed by atoms with Crippen LogP contribution in [0.1, 0.15) is 24.2 Å². The summed E-state index contributed by atoms with van der Waals surface area (Å²) < 4.78 is 0. The van der Waals surface area contributed by atoms with Crippen LogP contribution < -0.4 is 0 Å². The molecule has 1 aromatic rings. The van der Waals surface area contributed by atoms with Gasteiger partial charge in [0.05, 0.1) is 10.7 Å². The number of carbonyl (C=O) groups excluding carboxylic acids is 1. The zero-order valence-electron chi connectivity index (χ0n) is 9.88. The number of rotatable bonds is 6. The molecule has 0 heterocycles. The van der Waals surface area contributed by atoms with Gasteiger partial charge in [0.2, 0.25) is 0 Å². The van der Waals surface area contributed by atoms with Gasteiger partial charge in [0.25, 0.3) is 5.69 Å². The minimum absolute atomic E-state index is 0.0373. The Hall–Kier alpha value is -1.36. The Labute approximate surface area is 105 Å². The number of nitro groups is 1. The van der Waals surface area contributed by atoms with E-state index >= 15 is 0 Å². The highest BCUT2D eigenvalue weighted by molar-refractivity contribution is 7.99. The molecule has 0 aliphatic heterocycles. The second kappa shape index (κ2) is 6.39. The van der Waals surface area contributed by atoms with Gasteiger partial charge in [-0.25, -0.2) is 0 Å². The van der Waals surface area contributed by atoms with E-state index in [2.05, 4.69) is 13.8 Å². The number of carbonyl (C=O) groups is 1. The zero-order chi connectivity index (χ0) is 12.8. The van der Waals surface area contributed by atoms with E-state index in [1.54, 1.807) is 23.9 Å². The van der Waals surface area contributed by atoms with Crippen LogP contribution in [-0.2, 0) is 0 Å². The average molecular weight is 253 g/mol. The summed E-state index contributed by atoms with van der Waals surface area (Å²) in [7, 11) is 0. The molecule has 0 bridgehead atoms. The molecule has 0 unspecified atom stereocenters. The number of hydrogen-bond donors (Lipinski definition) is 0. The predicted molar refractivity (Wildman–Crippen MR) is 69.6 cm³/mol. The van der Waals surface area contributed by atoms with E-state index < -0.39 is 4.92 Å². The van der Waals surface area contributed by atoms with Crippen LogP contribution in [0.2, 0.25) is 0 Å². The summed E-state index contributed by atoms with van der Waals surface area (Å²) in [6.45, 7) is 4.18. The maximum Gasteiger partial charge on any atom is 0.270 e. The molecule has 0 saturated heterocycles. The molecule has 92 valence electrons. The van der Waals surface area contributed by atoms with E-state index in [1.165, 1.54) is 12.1 Å². The minimum Gasteiger partial charge on any atom is -0.293 e. The number of nitrogens with zero attached hydrogens (tertiary/aromatic N) is 1. The third kappa shape index (κ3) is 4.56. The van der Waals surface area contributed by atoms with E-state index in [1.807, 2.05) is 0 Å². The number of non-ortho nitro benzene ring substituents is 1. The first-order valence-electron chi connectivity index (χ1n) is 5.36. The summed E-state index contributed by atoms with van der Waals surface area (Å²) in [5, 5.41) is 10.6. The van der Waals surface area contributed by atoms with Crippen molar-refractivity contribution in [1.29, 1.82) is 0 Å². The molecule has 0 radical (unpaired) electrons. The van der Waals surface area contributed by atoms with Gasteiger partial charge in [0.1, 0.15) is 0 Å². The Bertz CT molecular complexity index is 418. The summed E-state index contributed by atoms with van der Waals surface area (Å²) in [6, 6.07) is 5.88. The maximum absolute atomic E-state index is 11.8. The Kier molecular flexibility index (Phi) is 5.15. The van der Waals surface area contributed by atoms with Crippen molar-refractivity contribution in [3.8, 4) is 0 Å². The zero-order valence-corrected chi connectivity index (χ0v) is 10.7. The fourth-order valence-corrected chi connectivity index (χ4v) is 2.20. The highest BCUT2D eigenvalue weighted by Gasteiger charge is 2.11. The number of Topliss-reactive ketones (excluding diaryl/α,β-unsaturated/α-hetero) is 1. The lowest BCUT2D eigenvalue weighted by atomic mass is 10.1. The third-order valence-corrected chi connectivity index (χ3v) is 3.43. The Balaban J connectivity index is 2.63. The molecular weight excluding hydrogens is 238 g/mol. The lowest BCUT2D eigenvalue weighted by molar-refractivity contribution is -0.384. The van der Waals surface area contributed by atoms with Crippen molar-refractivity contribution in [2.24, 2.45) is 5.92 Å². The number of hydrogen-bond acceptors (Lipinski definition) is 4. The van der Waals surface area contributed by atoms with Gasteiger partial charge < -0.3 is 0 Å². The smallest absolute Gasteiger partial charge is 0.270 e. The number of thioether (sulfide) groups is 1. The molecule has 0 amide bonds. The molecule has 5 heteroatoms. The van der Waals surface area contributed by atoms with Gasteiger partial charge in [0.15, 0.2) is 5.78 Å². The van der Waals surface area contributed by atoms with Crippen LogP contribution in [0.3, 0.4) is 0 Å². The van der Waals surface area contributed by atoms with Gasteiger partial charge in [-0.2, -0.15) is 11.8 Å².